The summed E-state index contributed by atoms with van der Waals surface area (Å²) in [6.07, 6.45) is 3.19. The van der Waals surface area contributed by atoms with Crippen LogP contribution in [0, 0.1) is 5.92 Å². The fraction of sp³-hybridized carbons (Fsp3) is 0.818. The fourth-order valence-corrected chi connectivity index (χ4v) is 2.07. The maximum atomic E-state index is 11.6. The number of hydrogen-bond acceptors (Lipinski definition) is 3. The van der Waals surface area contributed by atoms with E-state index in [0.717, 1.165) is 12.8 Å². The molecule has 1 aliphatic rings. The van der Waals surface area contributed by atoms with Gasteiger partial charge in [0.15, 0.2) is 6.10 Å². The van der Waals surface area contributed by atoms with E-state index in [1.165, 1.54) is 12.8 Å². The Labute approximate surface area is 101 Å². The highest BCUT2D eigenvalue weighted by Crippen LogP contribution is 2.24. The number of aliphatic hydroxyl groups is 1. The summed E-state index contributed by atoms with van der Waals surface area (Å²) in [5.74, 6) is -0.779. The molecule has 0 aromatic heterocycles. The molecule has 1 saturated carbocycles. The number of urea groups is 1. The molecule has 0 aromatic rings. The topological polar surface area (TPSA) is 89.9 Å². The first kappa shape index (κ1) is 13.8. The van der Waals surface area contributed by atoms with E-state index in [-0.39, 0.29) is 12.6 Å². The van der Waals surface area contributed by atoms with Crippen LogP contribution in [0.1, 0.15) is 25.7 Å². The lowest BCUT2D eigenvalue weighted by Crippen LogP contribution is -2.44. The van der Waals surface area contributed by atoms with Gasteiger partial charge < -0.3 is 20.4 Å². The van der Waals surface area contributed by atoms with Gasteiger partial charge in [-0.25, -0.2) is 9.59 Å². The van der Waals surface area contributed by atoms with Crippen LogP contribution in [0.25, 0.3) is 0 Å². The Morgan fingerprint density at radius 2 is 2.00 bits per heavy atom. The summed E-state index contributed by atoms with van der Waals surface area (Å²) in [5.41, 5.74) is 0. The number of carboxylic acid groups (broad SMARTS) is 1. The van der Waals surface area contributed by atoms with Crippen LogP contribution in [0.5, 0.6) is 0 Å². The second-order valence-electron chi connectivity index (χ2n) is 4.57. The van der Waals surface area contributed by atoms with E-state index in [4.69, 9.17) is 10.2 Å². The maximum absolute atomic E-state index is 11.6. The van der Waals surface area contributed by atoms with Gasteiger partial charge in [-0.15, -0.1) is 0 Å². The first-order valence-electron chi connectivity index (χ1n) is 5.90. The molecule has 0 aromatic carbocycles. The molecule has 6 heteroatoms. The predicted molar refractivity (Wildman–Crippen MR) is 61.6 cm³/mol. The summed E-state index contributed by atoms with van der Waals surface area (Å²) in [5, 5.41) is 19.9. The van der Waals surface area contributed by atoms with Crippen molar-refractivity contribution < 1.29 is 19.8 Å². The zero-order valence-electron chi connectivity index (χ0n) is 10.1. The quantitative estimate of drug-likeness (QED) is 0.647. The van der Waals surface area contributed by atoms with Crippen molar-refractivity contribution in [3.63, 3.8) is 0 Å². The number of carboxylic acids is 1. The third-order valence-corrected chi connectivity index (χ3v) is 3.09. The van der Waals surface area contributed by atoms with E-state index in [1.54, 1.807) is 11.9 Å². The van der Waals surface area contributed by atoms with Crippen LogP contribution in [0.4, 0.5) is 4.79 Å². The molecule has 0 radical (unpaired) electrons. The van der Waals surface area contributed by atoms with Gasteiger partial charge in [-0.1, -0.05) is 12.8 Å². The molecular weight excluding hydrogens is 224 g/mol. The highest BCUT2D eigenvalue weighted by Gasteiger charge is 2.20. The van der Waals surface area contributed by atoms with Gasteiger partial charge in [0.25, 0.3) is 0 Å². The Hall–Kier alpha value is -1.30. The average Bonchev–Trinajstić information content (AvgIpc) is 2.77. The molecule has 6 nitrogen and oxygen atoms in total. The zero-order valence-corrected chi connectivity index (χ0v) is 10.1. The summed E-state index contributed by atoms with van der Waals surface area (Å²) < 4.78 is 0. The number of amides is 2. The number of rotatable bonds is 5. The summed E-state index contributed by atoms with van der Waals surface area (Å²) in [6.45, 7) is 0.429. The van der Waals surface area contributed by atoms with Crippen LogP contribution in [0.15, 0.2) is 0 Å². The van der Waals surface area contributed by atoms with Crippen molar-refractivity contribution in [3.8, 4) is 0 Å². The molecule has 2 amide bonds. The van der Waals surface area contributed by atoms with Gasteiger partial charge in [0, 0.05) is 13.6 Å². The minimum absolute atomic E-state index is 0.261. The smallest absolute Gasteiger partial charge is 0.334 e. The largest absolute Gasteiger partial charge is 0.479 e. The van der Waals surface area contributed by atoms with Gasteiger partial charge in [0.05, 0.1) is 6.54 Å². The predicted octanol–water partition coefficient (Wildman–Crippen LogP) is 0.263. The molecule has 0 saturated heterocycles. The fourth-order valence-electron chi connectivity index (χ4n) is 2.07. The van der Waals surface area contributed by atoms with Gasteiger partial charge in [-0.2, -0.15) is 0 Å². The van der Waals surface area contributed by atoms with Crippen molar-refractivity contribution >= 4 is 12.0 Å². The molecule has 1 fully saturated rings. The number of aliphatic carboxylic acids is 1. The molecule has 1 aliphatic carbocycles. The SMILES string of the molecule is CN(CC1CCCC1)C(=O)NC[C@H](O)C(=O)O. The second kappa shape index (κ2) is 6.44. The van der Waals surface area contributed by atoms with Crippen LogP contribution in [-0.2, 0) is 4.79 Å². The van der Waals surface area contributed by atoms with Gasteiger partial charge >= 0.3 is 12.0 Å². The summed E-state index contributed by atoms with van der Waals surface area (Å²) in [4.78, 5) is 23.5. The van der Waals surface area contributed by atoms with Gasteiger partial charge in [0.2, 0.25) is 0 Å². The first-order chi connectivity index (χ1) is 8.00. The number of aliphatic hydroxyl groups excluding tert-OH is 1. The summed E-state index contributed by atoms with van der Waals surface area (Å²) in [6, 6.07) is -0.336. The number of hydrogen-bond donors (Lipinski definition) is 3. The van der Waals surface area contributed by atoms with Crippen molar-refractivity contribution in [2.24, 2.45) is 5.92 Å². The van der Waals surface area contributed by atoms with E-state index in [1.807, 2.05) is 0 Å². The standard InChI is InChI=1S/C11H20N2O4/c1-13(7-8-4-2-3-5-8)11(17)12-6-9(14)10(15)16/h8-9,14H,2-7H2,1H3,(H,12,17)(H,15,16)/t9-/m0/s1. The van der Waals surface area contributed by atoms with E-state index >= 15 is 0 Å². The van der Waals surface area contributed by atoms with Crippen molar-refractivity contribution in [1.29, 1.82) is 0 Å². The molecule has 0 spiro atoms. The highest BCUT2D eigenvalue weighted by molar-refractivity contribution is 5.76. The Balaban J connectivity index is 2.24. The molecule has 98 valence electrons. The molecule has 0 bridgehead atoms. The lowest BCUT2D eigenvalue weighted by Gasteiger charge is -2.21. The number of nitrogens with zero attached hydrogens (tertiary/aromatic N) is 1. The molecule has 0 unspecified atom stereocenters. The number of nitrogens with one attached hydrogen (secondary N) is 1. The normalized spacial score (nSPS) is 17.8. The molecule has 0 heterocycles. The van der Waals surface area contributed by atoms with Crippen LogP contribution < -0.4 is 5.32 Å². The molecule has 3 N–H and O–H groups in total. The van der Waals surface area contributed by atoms with Crippen molar-refractivity contribution in [2.75, 3.05) is 20.1 Å². The molecule has 0 aliphatic heterocycles. The van der Waals surface area contributed by atoms with Crippen LogP contribution in [0.2, 0.25) is 0 Å². The van der Waals surface area contributed by atoms with Gasteiger partial charge in [-0.05, 0) is 18.8 Å². The molecule has 1 atom stereocenters. The van der Waals surface area contributed by atoms with Crippen molar-refractivity contribution in [2.45, 2.75) is 31.8 Å². The summed E-state index contributed by atoms with van der Waals surface area (Å²) in [7, 11) is 1.68. The second-order valence-corrected chi connectivity index (χ2v) is 4.57. The average molecular weight is 244 g/mol. The van der Waals surface area contributed by atoms with Crippen molar-refractivity contribution in [1.82, 2.24) is 10.2 Å². The minimum atomic E-state index is -1.54. The molecule has 17 heavy (non-hydrogen) atoms. The zero-order chi connectivity index (χ0) is 12.8. The van der Waals surface area contributed by atoms with E-state index in [0.29, 0.717) is 12.5 Å². The Morgan fingerprint density at radius 3 is 2.53 bits per heavy atom. The maximum Gasteiger partial charge on any atom is 0.334 e. The number of carbonyl (C=O) groups is 2. The van der Waals surface area contributed by atoms with E-state index < -0.39 is 12.1 Å². The van der Waals surface area contributed by atoms with Gasteiger partial charge in [0.1, 0.15) is 0 Å². The van der Waals surface area contributed by atoms with Crippen LogP contribution >= 0.6 is 0 Å². The van der Waals surface area contributed by atoms with Crippen molar-refractivity contribution in [3.05, 3.63) is 0 Å². The first-order valence-corrected chi connectivity index (χ1v) is 5.90. The Morgan fingerprint density at radius 1 is 1.41 bits per heavy atom. The summed E-state index contributed by atoms with van der Waals surface area (Å²) >= 11 is 0. The van der Waals surface area contributed by atoms with E-state index in [9.17, 15) is 9.59 Å². The molecule has 1 rings (SSSR count). The third-order valence-electron chi connectivity index (χ3n) is 3.09. The Bertz CT molecular complexity index is 277. The number of carbonyl (C=O) groups excluding carboxylic acids is 1. The molecular formula is C11H20N2O4. The van der Waals surface area contributed by atoms with Crippen LogP contribution in [-0.4, -0.2) is 53.4 Å². The van der Waals surface area contributed by atoms with E-state index in [2.05, 4.69) is 5.32 Å². The lowest BCUT2D eigenvalue weighted by atomic mass is 10.1. The van der Waals surface area contributed by atoms with Gasteiger partial charge in [-0.3, -0.25) is 0 Å². The third kappa shape index (κ3) is 4.60. The monoisotopic (exact) mass is 244 g/mol. The Kier molecular flexibility index (Phi) is 5.21. The van der Waals surface area contributed by atoms with Crippen LogP contribution in [0.3, 0.4) is 0 Å². The minimum Gasteiger partial charge on any atom is -0.479 e. The highest BCUT2D eigenvalue weighted by atomic mass is 16.4. The lowest BCUT2D eigenvalue weighted by molar-refractivity contribution is -0.146.